The van der Waals surface area contributed by atoms with E-state index in [1.807, 2.05) is 0 Å². The summed E-state index contributed by atoms with van der Waals surface area (Å²) in [5, 5.41) is 0. The minimum absolute atomic E-state index is 0.143. The number of imide groups is 1. The molecule has 0 radical (unpaired) electrons. The van der Waals surface area contributed by atoms with Gasteiger partial charge in [0.2, 0.25) is 0 Å². The Hall–Kier alpha value is -2.43. The zero-order valence-electron chi connectivity index (χ0n) is 11.0. The van der Waals surface area contributed by atoms with E-state index in [2.05, 4.69) is 0 Å². The first-order chi connectivity index (χ1) is 9.61. The van der Waals surface area contributed by atoms with Gasteiger partial charge in [-0.05, 0) is 36.3 Å². The molecule has 0 fully saturated rings. The molecule has 0 atom stereocenters. The third-order valence-electron chi connectivity index (χ3n) is 2.91. The maximum absolute atomic E-state index is 13.5. The highest BCUT2D eigenvalue weighted by molar-refractivity contribution is 6.06. The molecular weight excluding hydrogens is 261 g/mol. The van der Waals surface area contributed by atoms with Gasteiger partial charge in [-0.1, -0.05) is 12.1 Å². The Morgan fingerprint density at radius 1 is 1.45 bits per heavy atom. The summed E-state index contributed by atoms with van der Waals surface area (Å²) >= 11 is 0. The third kappa shape index (κ3) is 3.12. The molecule has 1 aliphatic rings. The quantitative estimate of drug-likeness (QED) is 0.794. The lowest BCUT2D eigenvalue weighted by atomic mass is 10.2. The summed E-state index contributed by atoms with van der Waals surface area (Å²) in [6.07, 6.45) is 6.49. The van der Waals surface area contributed by atoms with Gasteiger partial charge in [0.25, 0.3) is 11.8 Å². The maximum atomic E-state index is 13.5. The second-order valence-electron chi connectivity index (χ2n) is 4.25. The molecule has 0 saturated heterocycles. The maximum Gasteiger partial charge on any atom is 0.253 e. The van der Waals surface area contributed by atoms with Crippen molar-refractivity contribution in [2.45, 2.75) is 6.42 Å². The van der Waals surface area contributed by atoms with Crippen molar-refractivity contribution in [3.05, 3.63) is 47.8 Å². The Balaban J connectivity index is 2.09. The predicted molar refractivity (Wildman–Crippen MR) is 72.5 cm³/mol. The van der Waals surface area contributed by atoms with Gasteiger partial charge in [-0.15, -0.1) is 0 Å². The molecule has 2 amide bonds. The highest BCUT2D eigenvalue weighted by Crippen LogP contribution is 2.18. The van der Waals surface area contributed by atoms with Crippen molar-refractivity contribution in [3.8, 4) is 5.75 Å². The smallest absolute Gasteiger partial charge is 0.253 e. The lowest BCUT2D eigenvalue weighted by Gasteiger charge is -2.19. The van der Waals surface area contributed by atoms with Crippen LogP contribution >= 0.6 is 0 Å². The van der Waals surface area contributed by atoms with Crippen LogP contribution in [0.1, 0.15) is 12.0 Å². The van der Waals surface area contributed by atoms with Gasteiger partial charge < -0.3 is 4.74 Å². The van der Waals surface area contributed by atoms with Crippen molar-refractivity contribution in [3.63, 3.8) is 0 Å². The summed E-state index contributed by atoms with van der Waals surface area (Å²) in [5.41, 5.74) is 0.525. The number of nitrogens with zero attached hydrogens (tertiary/aromatic N) is 1. The molecular formula is C15H14FNO3. The number of hydrogen-bond acceptors (Lipinski definition) is 3. The largest absolute Gasteiger partial charge is 0.494 e. The van der Waals surface area contributed by atoms with Gasteiger partial charge in [0, 0.05) is 12.6 Å². The Bertz CT molecular complexity index is 593. The van der Waals surface area contributed by atoms with E-state index in [0.29, 0.717) is 18.5 Å². The molecule has 0 saturated carbocycles. The van der Waals surface area contributed by atoms with Gasteiger partial charge in [0.05, 0.1) is 7.11 Å². The van der Waals surface area contributed by atoms with Crippen LogP contribution in [0.4, 0.5) is 4.39 Å². The Morgan fingerprint density at radius 3 is 2.90 bits per heavy atom. The summed E-state index contributed by atoms with van der Waals surface area (Å²) in [7, 11) is 1.38. The van der Waals surface area contributed by atoms with E-state index in [4.69, 9.17) is 4.74 Å². The van der Waals surface area contributed by atoms with Crippen LogP contribution in [0.2, 0.25) is 0 Å². The molecule has 1 aromatic carbocycles. The van der Waals surface area contributed by atoms with Crippen LogP contribution in [0, 0.1) is 5.82 Å². The van der Waals surface area contributed by atoms with E-state index >= 15 is 0 Å². The third-order valence-corrected chi connectivity index (χ3v) is 2.91. The molecule has 20 heavy (non-hydrogen) atoms. The zero-order valence-corrected chi connectivity index (χ0v) is 11.0. The normalized spacial score (nSPS) is 14.9. The fourth-order valence-corrected chi connectivity index (χ4v) is 1.85. The number of hydrogen-bond donors (Lipinski definition) is 0. The van der Waals surface area contributed by atoms with Gasteiger partial charge in [-0.3, -0.25) is 14.5 Å². The number of carbonyl (C=O) groups is 2. The summed E-state index contributed by atoms with van der Waals surface area (Å²) in [6.45, 7) is 0.371. The van der Waals surface area contributed by atoms with Crippen LogP contribution in [0.5, 0.6) is 5.75 Å². The second kappa shape index (κ2) is 6.14. The number of halogens is 1. The highest BCUT2D eigenvalue weighted by Gasteiger charge is 2.18. The van der Waals surface area contributed by atoms with Gasteiger partial charge >= 0.3 is 0 Å². The first kappa shape index (κ1) is 14.0. The SMILES string of the molecule is COc1ccc(C=CC(=O)N2CCC=CC2=O)cc1F. The van der Waals surface area contributed by atoms with Crippen molar-refractivity contribution in [1.82, 2.24) is 4.90 Å². The average molecular weight is 275 g/mol. The molecule has 0 aliphatic carbocycles. The molecule has 5 heteroatoms. The van der Waals surface area contributed by atoms with Crippen LogP contribution in [0.15, 0.2) is 36.4 Å². The Kier molecular flexibility index (Phi) is 4.30. The molecule has 0 N–H and O–H groups in total. The van der Waals surface area contributed by atoms with Crippen molar-refractivity contribution < 1.29 is 18.7 Å². The summed E-state index contributed by atoms with van der Waals surface area (Å²) in [4.78, 5) is 24.5. The van der Waals surface area contributed by atoms with Crippen molar-refractivity contribution in [2.24, 2.45) is 0 Å². The number of ether oxygens (including phenoxy) is 1. The highest BCUT2D eigenvalue weighted by atomic mass is 19.1. The number of amides is 2. The Labute approximate surface area is 116 Å². The van der Waals surface area contributed by atoms with Crippen LogP contribution < -0.4 is 4.74 Å². The van der Waals surface area contributed by atoms with Crippen LogP contribution in [-0.2, 0) is 9.59 Å². The van der Waals surface area contributed by atoms with Gasteiger partial charge in [-0.2, -0.15) is 0 Å². The topological polar surface area (TPSA) is 46.6 Å². The lowest BCUT2D eigenvalue weighted by molar-refractivity contribution is -0.139. The Morgan fingerprint density at radius 2 is 2.25 bits per heavy atom. The summed E-state index contributed by atoms with van der Waals surface area (Å²) in [6, 6.07) is 4.37. The molecule has 1 aromatic rings. The zero-order chi connectivity index (χ0) is 14.5. The summed E-state index contributed by atoms with van der Waals surface area (Å²) < 4.78 is 18.3. The molecule has 2 rings (SSSR count). The number of carbonyl (C=O) groups excluding carboxylic acids is 2. The summed E-state index contributed by atoms with van der Waals surface area (Å²) in [5.74, 6) is -1.09. The minimum atomic E-state index is -0.501. The predicted octanol–water partition coefficient (Wildman–Crippen LogP) is 2.16. The van der Waals surface area contributed by atoms with Crippen LogP contribution in [-0.4, -0.2) is 30.4 Å². The van der Waals surface area contributed by atoms with Gasteiger partial charge in [0.1, 0.15) is 0 Å². The minimum Gasteiger partial charge on any atom is -0.494 e. The molecule has 4 nitrogen and oxygen atoms in total. The molecule has 104 valence electrons. The molecule has 0 spiro atoms. The molecule has 1 heterocycles. The number of benzene rings is 1. The monoisotopic (exact) mass is 275 g/mol. The van der Waals surface area contributed by atoms with Gasteiger partial charge in [-0.25, -0.2) is 4.39 Å². The van der Waals surface area contributed by atoms with Crippen molar-refractivity contribution in [1.29, 1.82) is 0 Å². The van der Waals surface area contributed by atoms with E-state index in [0.717, 1.165) is 4.90 Å². The second-order valence-corrected chi connectivity index (χ2v) is 4.25. The molecule has 1 aliphatic heterocycles. The fourth-order valence-electron chi connectivity index (χ4n) is 1.85. The van der Waals surface area contributed by atoms with E-state index in [1.54, 1.807) is 12.1 Å². The molecule has 0 aromatic heterocycles. The van der Waals surface area contributed by atoms with E-state index in [1.165, 1.54) is 37.5 Å². The van der Waals surface area contributed by atoms with Crippen LogP contribution in [0.3, 0.4) is 0 Å². The van der Waals surface area contributed by atoms with Crippen LogP contribution in [0.25, 0.3) is 6.08 Å². The molecule has 0 bridgehead atoms. The van der Waals surface area contributed by atoms with Gasteiger partial charge in [0.15, 0.2) is 11.6 Å². The molecule has 0 unspecified atom stereocenters. The lowest BCUT2D eigenvalue weighted by Crippen LogP contribution is -2.37. The average Bonchev–Trinajstić information content (AvgIpc) is 2.45. The van der Waals surface area contributed by atoms with E-state index in [-0.39, 0.29) is 11.7 Å². The number of methoxy groups -OCH3 is 1. The van der Waals surface area contributed by atoms with Crippen molar-refractivity contribution in [2.75, 3.05) is 13.7 Å². The number of rotatable bonds is 3. The van der Waals surface area contributed by atoms with E-state index in [9.17, 15) is 14.0 Å². The first-order valence-corrected chi connectivity index (χ1v) is 6.15. The van der Waals surface area contributed by atoms with Crippen molar-refractivity contribution >= 4 is 17.9 Å². The van der Waals surface area contributed by atoms with E-state index < -0.39 is 11.7 Å². The fraction of sp³-hybridized carbons (Fsp3) is 0.200. The first-order valence-electron chi connectivity index (χ1n) is 6.15. The standard InChI is InChI=1S/C15H14FNO3/c1-20-13-7-5-11(10-12(13)16)6-8-15(19)17-9-3-2-4-14(17)18/h2,4-8,10H,3,9H2,1H3.